The third kappa shape index (κ3) is 5.06. The van der Waals surface area contributed by atoms with Crippen molar-refractivity contribution in [3.63, 3.8) is 0 Å². The summed E-state index contributed by atoms with van der Waals surface area (Å²) in [5.74, 6) is 0. The summed E-state index contributed by atoms with van der Waals surface area (Å²) in [6, 6.07) is 6.23. The average molecular weight is 305 g/mol. The van der Waals surface area contributed by atoms with E-state index < -0.39 is 11.7 Å². The molecule has 1 aromatic rings. The Hall–Kier alpha value is 0.256. The van der Waals surface area contributed by atoms with Crippen LogP contribution in [0.3, 0.4) is 0 Å². The maximum Gasteiger partial charge on any atom is 2.00 e. The van der Waals surface area contributed by atoms with Gasteiger partial charge in [-0.05, 0) is 0 Å². The van der Waals surface area contributed by atoms with Crippen LogP contribution in [0, 0.1) is 6.07 Å². The molecule has 5 heteroatoms. The maximum absolute atomic E-state index is 12.2. The van der Waals surface area contributed by atoms with Gasteiger partial charge in [-0.2, -0.15) is 43.0 Å². The first-order valence-corrected chi connectivity index (χ1v) is 4.30. The molecule has 0 saturated heterocycles. The predicted octanol–water partition coefficient (Wildman–Crippen LogP) is 0.426. The monoisotopic (exact) mass is 304 g/mol. The Morgan fingerprint density at radius 2 is 1.56 bits per heavy atom. The molecule has 0 aliphatic heterocycles. The van der Waals surface area contributed by atoms with Gasteiger partial charge in [0.25, 0.3) is 0 Å². The molecule has 0 atom stereocenters. The van der Waals surface area contributed by atoms with E-state index in [1.54, 1.807) is 0 Å². The Labute approximate surface area is 121 Å². The first-order chi connectivity index (χ1) is 6.21. The van der Waals surface area contributed by atoms with Gasteiger partial charge in [-0.15, -0.1) is 0 Å². The van der Waals surface area contributed by atoms with Gasteiger partial charge >= 0.3 is 29.2 Å². The molecule has 0 aliphatic rings. The van der Waals surface area contributed by atoms with Crippen molar-refractivity contribution in [2.75, 3.05) is 0 Å². The normalized spacial score (nSPS) is 11.4. The van der Waals surface area contributed by atoms with Gasteiger partial charge in [0.1, 0.15) is 0 Å². The molecule has 0 nitrogen and oxygen atoms in total. The molecule has 86 valence electrons. The molecule has 0 spiro atoms. The van der Waals surface area contributed by atoms with Crippen molar-refractivity contribution in [1.29, 1.82) is 0 Å². The molecule has 0 radical (unpaired) electrons. The summed E-state index contributed by atoms with van der Waals surface area (Å²) in [7, 11) is 0. The Bertz CT molecular complexity index is 278. The van der Waals surface area contributed by atoms with Gasteiger partial charge in [-0.3, -0.25) is 0 Å². The van der Waals surface area contributed by atoms with E-state index in [0.717, 1.165) is 11.6 Å². The summed E-state index contributed by atoms with van der Waals surface area (Å²) in [6.45, 7) is 5.84. The van der Waals surface area contributed by atoms with Crippen LogP contribution in [0.25, 0.3) is 0 Å². The van der Waals surface area contributed by atoms with Crippen LogP contribution in [-0.2, 0) is 11.6 Å². The average Bonchev–Trinajstić information content (AvgIpc) is 2.01. The second kappa shape index (κ2) is 6.26. The summed E-state index contributed by atoms with van der Waals surface area (Å²) >= 11 is 0. The van der Waals surface area contributed by atoms with Crippen molar-refractivity contribution in [2.24, 2.45) is 0 Å². The van der Waals surface area contributed by atoms with E-state index >= 15 is 0 Å². The zero-order chi connectivity index (χ0) is 11.0. The number of alkyl halides is 3. The Morgan fingerprint density at radius 1 is 1.06 bits per heavy atom. The first-order valence-electron chi connectivity index (χ1n) is 4.30. The quantitative estimate of drug-likeness (QED) is 0.482. The van der Waals surface area contributed by atoms with Gasteiger partial charge < -0.3 is 17.0 Å². The number of hydrogen-bond donors (Lipinski definition) is 0. The van der Waals surface area contributed by atoms with Crippen molar-refractivity contribution in [2.45, 2.75) is 32.4 Å². The summed E-state index contributed by atoms with van der Waals surface area (Å²) in [5.41, 5.74) is -0.00308. The predicted molar refractivity (Wildman–Crippen MR) is 54.7 cm³/mol. The molecule has 1 rings (SSSR count). The van der Waals surface area contributed by atoms with Gasteiger partial charge in [0.2, 0.25) is 0 Å². The van der Waals surface area contributed by atoms with E-state index in [1.807, 2.05) is 20.8 Å². The van der Waals surface area contributed by atoms with Crippen LogP contribution in [0.5, 0.6) is 0 Å². The SMILES string of the molecule is CC(C)(C)c1c[c-]c(C(F)(F)F)cc1.[Br-].[Mg+2]. The van der Waals surface area contributed by atoms with Crippen LogP contribution in [0.15, 0.2) is 18.2 Å². The van der Waals surface area contributed by atoms with E-state index in [-0.39, 0.29) is 45.4 Å². The third-order valence-electron chi connectivity index (χ3n) is 1.98. The Morgan fingerprint density at radius 3 is 1.81 bits per heavy atom. The topological polar surface area (TPSA) is 0 Å². The fourth-order valence-electron chi connectivity index (χ4n) is 1.07. The molecular formula is C11H12BrF3Mg. The van der Waals surface area contributed by atoms with Crippen LogP contribution in [-0.4, -0.2) is 23.1 Å². The summed E-state index contributed by atoms with van der Waals surface area (Å²) < 4.78 is 36.6. The van der Waals surface area contributed by atoms with Gasteiger partial charge in [-0.25, -0.2) is 0 Å². The van der Waals surface area contributed by atoms with Crippen molar-refractivity contribution >= 4 is 23.1 Å². The minimum atomic E-state index is -4.30. The Kier molecular flexibility index (Phi) is 7.28. The zero-order valence-corrected chi connectivity index (χ0v) is 12.5. The molecule has 0 amide bonds. The van der Waals surface area contributed by atoms with E-state index in [9.17, 15) is 13.2 Å². The van der Waals surface area contributed by atoms with Crippen molar-refractivity contribution in [3.05, 3.63) is 35.4 Å². The van der Waals surface area contributed by atoms with Gasteiger partial charge in [0, 0.05) is 0 Å². The molecule has 16 heavy (non-hydrogen) atoms. The molecule has 0 saturated carbocycles. The van der Waals surface area contributed by atoms with Crippen LogP contribution >= 0.6 is 0 Å². The van der Waals surface area contributed by atoms with E-state index in [2.05, 4.69) is 6.07 Å². The molecule has 0 heterocycles. The third-order valence-corrected chi connectivity index (χ3v) is 1.98. The largest absolute Gasteiger partial charge is 2.00 e. The van der Waals surface area contributed by atoms with E-state index in [4.69, 9.17) is 0 Å². The van der Waals surface area contributed by atoms with E-state index in [0.29, 0.717) is 0 Å². The fourth-order valence-corrected chi connectivity index (χ4v) is 1.07. The summed E-state index contributed by atoms with van der Waals surface area (Å²) in [6.07, 6.45) is -4.30. The summed E-state index contributed by atoms with van der Waals surface area (Å²) in [5, 5.41) is 0. The summed E-state index contributed by atoms with van der Waals surface area (Å²) in [4.78, 5) is 0. The van der Waals surface area contributed by atoms with Crippen LogP contribution in [0.1, 0.15) is 31.9 Å². The number of rotatable bonds is 0. The van der Waals surface area contributed by atoms with Crippen molar-refractivity contribution in [1.82, 2.24) is 0 Å². The molecule has 0 fully saturated rings. The number of halogens is 4. The maximum atomic E-state index is 12.2. The van der Waals surface area contributed by atoms with Gasteiger partial charge in [0.15, 0.2) is 0 Å². The van der Waals surface area contributed by atoms with Crippen LogP contribution in [0.2, 0.25) is 0 Å². The molecule has 1 aromatic carbocycles. The minimum Gasteiger partial charge on any atom is -1.00 e. The van der Waals surface area contributed by atoms with Crippen LogP contribution < -0.4 is 17.0 Å². The fraction of sp³-hybridized carbons (Fsp3) is 0.455. The van der Waals surface area contributed by atoms with Gasteiger partial charge in [0.05, 0.1) is 0 Å². The number of hydrogen-bond acceptors (Lipinski definition) is 0. The van der Waals surface area contributed by atoms with Crippen molar-refractivity contribution in [3.8, 4) is 0 Å². The smallest absolute Gasteiger partial charge is 1.00 e. The van der Waals surface area contributed by atoms with Crippen LogP contribution in [0.4, 0.5) is 13.2 Å². The molecule has 0 bridgehead atoms. The number of benzene rings is 1. The van der Waals surface area contributed by atoms with E-state index in [1.165, 1.54) is 12.1 Å². The molecular weight excluding hydrogens is 293 g/mol. The standard InChI is InChI=1S/C11H12F3.BrH.Mg/c1-10(2,3)8-4-6-9(7-5-8)11(12,13)14;;/h4-6H,1-3H3;1H;/q-1;;+2/p-1. The second-order valence-electron chi connectivity index (χ2n) is 4.24. The zero-order valence-electron chi connectivity index (χ0n) is 9.45. The van der Waals surface area contributed by atoms with Crippen molar-refractivity contribution < 1.29 is 30.2 Å². The molecule has 0 aromatic heterocycles. The Balaban J connectivity index is 0. The molecule has 0 aliphatic carbocycles. The molecule has 0 N–H and O–H groups in total. The molecule has 0 unspecified atom stereocenters. The second-order valence-corrected chi connectivity index (χ2v) is 4.24. The van der Waals surface area contributed by atoms with Gasteiger partial charge in [-0.1, -0.05) is 31.7 Å². The minimum absolute atomic E-state index is 0. The first kappa shape index (κ1) is 18.6.